The minimum atomic E-state index is -0.0679. The van der Waals surface area contributed by atoms with Crippen molar-refractivity contribution >= 4 is 11.0 Å². The van der Waals surface area contributed by atoms with Crippen LogP contribution in [0.4, 0.5) is 0 Å². The van der Waals surface area contributed by atoms with E-state index in [4.69, 9.17) is 13.9 Å². The molecule has 4 heteroatoms. The Hall–Kier alpha value is -2.75. The van der Waals surface area contributed by atoms with Gasteiger partial charge in [-0.05, 0) is 30.3 Å². The summed E-state index contributed by atoms with van der Waals surface area (Å²) in [5, 5.41) is 0.571. The molecule has 23 heavy (non-hydrogen) atoms. The first-order valence-electron chi connectivity index (χ1n) is 7.48. The standard InChI is InChI=1S/C17H14O4.C2H6/c1-19-15-8-7-11(9-17(15)20-2)16-10-13(18)12-5-3-4-6-14(12)21-16;1-2/h3-10H,1-2H3;1-2H3. The number of methoxy groups -OCH3 is 2. The minimum absolute atomic E-state index is 0.0679. The zero-order chi connectivity index (χ0) is 16.8. The predicted octanol–water partition coefficient (Wildman–Crippen LogP) is 4.50. The molecule has 0 unspecified atom stereocenters. The van der Waals surface area contributed by atoms with Crippen LogP contribution in [0.3, 0.4) is 0 Å². The number of hydrogen-bond acceptors (Lipinski definition) is 4. The van der Waals surface area contributed by atoms with Crippen LogP contribution in [-0.2, 0) is 0 Å². The lowest BCUT2D eigenvalue weighted by Crippen LogP contribution is -2.00. The van der Waals surface area contributed by atoms with Crippen LogP contribution in [-0.4, -0.2) is 14.2 Å². The molecule has 120 valence electrons. The van der Waals surface area contributed by atoms with E-state index in [1.165, 1.54) is 6.07 Å². The molecule has 3 rings (SSSR count). The molecule has 0 amide bonds. The Kier molecular flexibility index (Phi) is 5.41. The fourth-order valence-corrected chi connectivity index (χ4v) is 2.24. The normalized spacial score (nSPS) is 9.91. The van der Waals surface area contributed by atoms with Crippen LogP contribution < -0.4 is 14.9 Å². The second-order valence-electron chi connectivity index (χ2n) is 4.54. The van der Waals surface area contributed by atoms with Gasteiger partial charge in [0.2, 0.25) is 0 Å². The molecule has 3 aromatic rings. The first kappa shape index (κ1) is 16.6. The van der Waals surface area contributed by atoms with Gasteiger partial charge in [0.25, 0.3) is 0 Å². The van der Waals surface area contributed by atoms with Crippen molar-refractivity contribution in [2.45, 2.75) is 13.8 Å². The number of para-hydroxylation sites is 1. The summed E-state index contributed by atoms with van der Waals surface area (Å²) in [5.74, 6) is 1.72. The van der Waals surface area contributed by atoms with Gasteiger partial charge in [-0.3, -0.25) is 4.79 Å². The summed E-state index contributed by atoms with van der Waals surface area (Å²) in [6, 6.07) is 14.1. The van der Waals surface area contributed by atoms with Gasteiger partial charge < -0.3 is 13.9 Å². The second kappa shape index (κ2) is 7.49. The lowest BCUT2D eigenvalue weighted by molar-refractivity contribution is 0.355. The van der Waals surface area contributed by atoms with Crippen LogP contribution in [0.2, 0.25) is 0 Å². The van der Waals surface area contributed by atoms with Crippen LogP contribution in [0.15, 0.2) is 57.7 Å². The molecule has 0 radical (unpaired) electrons. The van der Waals surface area contributed by atoms with Crippen molar-refractivity contribution in [3.05, 3.63) is 58.8 Å². The van der Waals surface area contributed by atoms with Crippen molar-refractivity contribution in [3.8, 4) is 22.8 Å². The van der Waals surface area contributed by atoms with Crippen molar-refractivity contribution in [1.29, 1.82) is 0 Å². The lowest BCUT2D eigenvalue weighted by atomic mass is 10.1. The van der Waals surface area contributed by atoms with E-state index in [9.17, 15) is 4.79 Å². The molecular weight excluding hydrogens is 292 g/mol. The number of rotatable bonds is 3. The van der Waals surface area contributed by atoms with Crippen LogP contribution >= 0.6 is 0 Å². The molecule has 0 saturated carbocycles. The maximum atomic E-state index is 12.1. The highest BCUT2D eigenvalue weighted by Gasteiger charge is 2.10. The van der Waals surface area contributed by atoms with Crippen LogP contribution in [0, 0.1) is 0 Å². The van der Waals surface area contributed by atoms with Gasteiger partial charge in [0, 0.05) is 11.6 Å². The van der Waals surface area contributed by atoms with Crippen molar-refractivity contribution in [1.82, 2.24) is 0 Å². The van der Waals surface area contributed by atoms with E-state index in [0.717, 1.165) is 5.56 Å². The summed E-state index contributed by atoms with van der Waals surface area (Å²) in [4.78, 5) is 12.1. The van der Waals surface area contributed by atoms with Crippen molar-refractivity contribution < 1.29 is 13.9 Å². The molecular formula is C19H20O4. The third kappa shape index (κ3) is 3.37. The summed E-state index contributed by atoms with van der Waals surface area (Å²) >= 11 is 0. The van der Waals surface area contributed by atoms with Gasteiger partial charge in [-0.1, -0.05) is 26.0 Å². The smallest absolute Gasteiger partial charge is 0.193 e. The van der Waals surface area contributed by atoms with E-state index in [-0.39, 0.29) is 5.43 Å². The zero-order valence-corrected chi connectivity index (χ0v) is 13.8. The average Bonchev–Trinajstić information content (AvgIpc) is 2.62. The van der Waals surface area contributed by atoms with Gasteiger partial charge in [0.1, 0.15) is 11.3 Å². The molecule has 4 nitrogen and oxygen atoms in total. The Morgan fingerprint density at radius 3 is 2.26 bits per heavy atom. The lowest BCUT2D eigenvalue weighted by Gasteiger charge is -2.09. The molecule has 0 spiro atoms. The Morgan fingerprint density at radius 2 is 1.57 bits per heavy atom. The molecule has 0 fully saturated rings. The number of hydrogen-bond donors (Lipinski definition) is 0. The molecule has 0 atom stereocenters. The van der Waals surface area contributed by atoms with Crippen LogP contribution in [0.1, 0.15) is 13.8 Å². The monoisotopic (exact) mass is 312 g/mol. The largest absolute Gasteiger partial charge is 0.493 e. The summed E-state index contributed by atoms with van der Waals surface area (Å²) in [6.07, 6.45) is 0. The molecule has 0 aliphatic rings. The first-order chi connectivity index (χ1) is 11.2. The molecule has 0 bridgehead atoms. The first-order valence-corrected chi connectivity index (χ1v) is 7.48. The number of fused-ring (bicyclic) bond motifs is 1. The van der Waals surface area contributed by atoms with Gasteiger partial charge in [0.05, 0.1) is 19.6 Å². The summed E-state index contributed by atoms with van der Waals surface area (Å²) in [5.41, 5.74) is 1.26. The summed E-state index contributed by atoms with van der Waals surface area (Å²) in [6.45, 7) is 4.00. The topological polar surface area (TPSA) is 48.7 Å². The van der Waals surface area contributed by atoms with Gasteiger partial charge in [-0.2, -0.15) is 0 Å². The summed E-state index contributed by atoms with van der Waals surface area (Å²) in [7, 11) is 3.14. The number of ether oxygens (including phenoxy) is 2. The van der Waals surface area contributed by atoms with Gasteiger partial charge in [-0.15, -0.1) is 0 Å². The maximum absolute atomic E-state index is 12.1. The van der Waals surface area contributed by atoms with Gasteiger partial charge >= 0.3 is 0 Å². The van der Waals surface area contributed by atoms with Gasteiger partial charge in [-0.25, -0.2) is 0 Å². The molecule has 0 N–H and O–H groups in total. The Morgan fingerprint density at radius 1 is 0.870 bits per heavy atom. The Balaban J connectivity index is 0.000000924. The minimum Gasteiger partial charge on any atom is -0.493 e. The predicted molar refractivity (Wildman–Crippen MR) is 92.4 cm³/mol. The molecule has 0 aliphatic heterocycles. The third-order valence-electron chi connectivity index (χ3n) is 3.30. The van der Waals surface area contributed by atoms with Crippen molar-refractivity contribution in [3.63, 3.8) is 0 Å². The quantitative estimate of drug-likeness (QED) is 0.714. The van der Waals surface area contributed by atoms with Crippen LogP contribution in [0.25, 0.3) is 22.3 Å². The zero-order valence-electron chi connectivity index (χ0n) is 13.8. The van der Waals surface area contributed by atoms with E-state index in [1.54, 1.807) is 38.5 Å². The fourth-order valence-electron chi connectivity index (χ4n) is 2.24. The molecule has 0 saturated heterocycles. The average molecular weight is 312 g/mol. The van der Waals surface area contributed by atoms with Crippen molar-refractivity contribution in [2.24, 2.45) is 0 Å². The highest BCUT2D eigenvalue weighted by molar-refractivity contribution is 5.78. The molecule has 1 aromatic heterocycles. The molecule has 2 aromatic carbocycles. The highest BCUT2D eigenvalue weighted by atomic mass is 16.5. The Bertz CT molecular complexity index is 849. The van der Waals surface area contributed by atoms with E-state index in [0.29, 0.717) is 28.2 Å². The molecule has 1 heterocycles. The van der Waals surface area contributed by atoms with E-state index >= 15 is 0 Å². The maximum Gasteiger partial charge on any atom is 0.193 e. The fraction of sp³-hybridized carbons (Fsp3) is 0.211. The SMILES string of the molecule is CC.COc1ccc(-c2cc(=O)c3ccccc3o2)cc1OC. The van der Waals surface area contributed by atoms with E-state index in [1.807, 2.05) is 32.0 Å². The Labute approximate surface area is 135 Å². The highest BCUT2D eigenvalue weighted by Crippen LogP contribution is 2.32. The van der Waals surface area contributed by atoms with E-state index < -0.39 is 0 Å². The van der Waals surface area contributed by atoms with E-state index in [2.05, 4.69) is 0 Å². The third-order valence-corrected chi connectivity index (χ3v) is 3.30. The molecule has 0 aliphatic carbocycles. The second-order valence-corrected chi connectivity index (χ2v) is 4.54. The van der Waals surface area contributed by atoms with Crippen molar-refractivity contribution in [2.75, 3.05) is 14.2 Å². The summed E-state index contributed by atoms with van der Waals surface area (Å²) < 4.78 is 16.3. The number of benzene rings is 2. The van der Waals surface area contributed by atoms with Crippen LogP contribution in [0.5, 0.6) is 11.5 Å². The van der Waals surface area contributed by atoms with Gasteiger partial charge in [0.15, 0.2) is 16.9 Å².